The second-order valence-electron chi connectivity index (χ2n) is 4.60. The Morgan fingerprint density at radius 3 is 2.88 bits per heavy atom. The van der Waals surface area contributed by atoms with E-state index < -0.39 is 0 Å². The predicted octanol–water partition coefficient (Wildman–Crippen LogP) is 1.82. The normalized spacial score (nSPS) is 24.9. The molecular formula is C13H19FN2O. The maximum Gasteiger partial charge on any atom is 0.0898 e. The van der Waals surface area contributed by atoms with Crippen LogP contribution in [0.5, 0.6) is 0 Å². The largest absolute Gasteiger partial charge is 0.397 e. The fourth-order valence-corrected chi connectivity index (χ4v) is 2.44. The van der Waals surface area contributed by atoms with Crippen LogP contribution in [0.1, 0.15) is 12.8 Å². The van der Waals surface area contributed by atoms with Gasteiger partial charge in [-0.05, 0) is 25.0 Å². The number of hydrogen-bond donors (Lipinski definition) is 2. The van der Waals surface area contributed by atoms with E-state index >= 15 is 0 Å². The van der Waals surface area contributed by atoms with E-state index in [1.807, 2.05) is 24.3 Å². The van der Waals surface area contributed by atoms with E-state index in [1.54, 1.807) is 0 Å². The third-order valence-corrected chi connectivity index (χ3v) is 3.45. The van der Waals surface area contributed by atoms with Gasteiger partial charge in [-0.15, -0.1) is 0 Å². The summed E-state index contributed by atoms with van der Waals surface area (Å²) in [4.78, 5) is 2.14. The van der Waals surface area contributed by atoms with Crippen molar-refractivity contribution in [2.24, 2.45) is 5.92 Å². The van der Waals surface area contributed by atoms with Crippen LogP contribution in [0, 0.1) is 5.92 Å². The zero-order valence-electron chi connectivity index (χ0n) is 9.85. The van der Waals surface area contributed by atoms with Crippen molar-refractivity contribution < 1.29 is 9.50 Å². The molecule has 0 bridgehead atoms. The number of aliphatic hydroxyl groups excluding tert-OH is 1. The molecule has 1 aromatic carbocycles. The maximum absolute atomic E-state index is 12.4. The van der Waals surface area contributed by atoms with Crippen LogP contribution in [0.15, 0.2) is 24.3 Å². The molecule has 0 radical (unpaired) electrons. The first-order valence-corrected chi connectivity index (χ1v) is 6.06. The SMILES string of the molecule is Nc1ccccc1N1CC[C@@H](O)[C@H](CCF)C1. The van der Waals surface area contributed by atoms with E-state index in [0.29, 0.717) is 19.4 Å². The highest BCUT2D eigenvalue weighted by Gasteiger charge is 2.28. The van der Waals surface area contributed by atoms with Crippen LogP contribution in [0.25, 0.3) is 0 Å². The molecule has 1 aliphatic heterocycles. The Hall–Kier alpha value is -1.29. The number of aliphatic hydroxyl groups is 1. The van der Waals surface area contributed by atoms with Gasteiger partial charge in [0.2, 0.25) is 0 Å². The summed E-state index contributed by atoms with van der Waals surface area (Å²) in [5, 5.41) is 9.81. The molecule has 1 heterocycles. The van der Waals surface area contributed by atoms with Gasteiger partial charge in [0.1, 0.15) is 0 Å². The van der Waals surface area contributed by atoms with Crippen molar-refractivity contribution in [3.63, 3.8) is 0 Å². The first-order valence-electron chi connectivity index (χ1n) is 6.06. The van der Waals surface area contributed by atoms with E-state index in [4.69, 9.17) is 5.73 Å². The van der Waals surface area contributed by atoms with E-state index in [1.165, 1.54) is 0 Å². The van der Waals surface area contributed by atoms with Crippen LogP contribution in [0.4, 0.5) is 15.8 Å². The Balaban J connectivity index is 2.10. The first-order chi connectivity index (χ1) is 8.22. The monoisotopic (exact) mass is 238 g/mol. The number of hydrogen-bond acceptors (Lipinski definition) is 3. The number of anilines is 2. The molecule has 1 aliphatic rings. The number of nitrogens with two attached hydrogens (primary N) is 1. The number of halogens is 1. The lowest BCUT2D eigenvalue weighted by Crippen LogP contribution is -2.43. The van der Waals surface area contributed by atoms with Gasteiger partial charge in [-0.1, -0.05) is 12.1 Å². The summed E-state index contributed by atoms with van der Waals surface area (Å²) in [7, 11) is 0. The maximum atomic E-state index is 12.4. The van der Waals surface area contributed by atoms with Gasteiger partial charge in [-0.2, -0.15) is 0 Å². The third kappa shape index (κ3) is 2.69. The fraction of sp³-hybridized carbons (Fsp3) is 0.538. The smallest absolute Gasteiger partial charge is 0.0898 e. The second kappa shape index (κ2) is 5.36. The van der Waals surface area contributed by atoms with Crippen molar-refractivity contribution >= 4 is 11.4 Å². The summed E-state index contributed by atoms with van der Waals surface area (Å²) in [5.74, 6) is 0.00774. The lowest BCUT2D eigenvalue weighted by molar-refractivity contribution is 0.0795. The number of alkyl halides is 1. The molecule has 0 amide bonds. The Labute approximate surface area is 101 Å². The Morgan fingerprint density at radius 2 is 2.18 bits per heavy atom. The molecule has 0 unspecified atom stereocenters. The standard InChI is InChI=1S/C13H19FN2O/c14-7-5-10-9-16(8-6-13(10)17)12-4-2-1-3-11(12)15/h1-4,10,13,17H,5-9,15H2/t10-,13-/m1/s1. The molecule has 1 aromatic rings. The molecule has 3 N–H and O–H groups in total. The highest BCUT2D eigenvalue weighted by Crippen LogP contribution is 2.29. The number of para-hydroxylation sites is 2. The molecule has 2 rings (SSSR count). The van der Waals surface area contributed by atoms with Crippen molar-refractivity contribution in [2.45, 2.75) is 18.9 Å². The summed E-state index contributed by atoms with van der Waals surface area (Å²) in [6.07, 6.45) is 0.718. The highest BCUT2D eigenvalue weighted by atomic mass is 19.1. The molecule has 94 valence electrons. The number of nitrogen functional groups attached to an aromatic ring is 1. The summed E-state index contributed by atoms with van der Waals surface area (Å²) in [6.45, 7) is 1.08. The quantitative estimate of drug-likeness (QED) is 0.790. The van der Waals surface area contributed by atoms with E-state index in [9.17, 15) is 9.50 Å². The van der Waals surface area contributed by atoms with Gasteiger partial charge in [-0.25, -0.2) is 0 Å². The topological polar surface area (TPSA) is 49.5 Å². The van der Waals surface area contributed by atoms with Gasteiger partial charge >= 0.3 is 0 Å². The average Bonchev–Trinajstić information content (AvgIpc) is 2.33. The molecule has 4 heteroatoms. The van der Waals surface area contributed by atoms with Gasteiger partial charge in [0.25, 0.3) is 0 Å². The zero-order valence-corrected chi connectivity index (χ0v) is 9.85. The molecule has 0 saturated carbocycles. The molecule has 3 nitrogen and oxygen atoms in total. The number of rotatable bonds is 3. The van der Waals surface area contributed by atoms with Crippen molar-refractivity contribution in [1.82, 2.24) is 0 Å². The van der Waals surface area contributed by atoms with Crippen LogP contribution in [-0.2, 0) is 0 Å². The van der Waals surface area contributed by atoms with Crippen molar-refractivity contribution in [1.29, 1.82) is 0 Å². The summed E-state index contributed by atoms with van der Waals surface area (Å²) in [5.41, 5.74) is 7.66. The Morgan fingerprint density at radius 1 is 1.41 bits per heavy atom. The molecule has 17 heavy (non-hydrogen) atoms. The Kier molecular flexibility index (Phi) is 3.84. The minimum absolute atomic E-state index is 0.00774. The van der Waals surface area contributed by atoms with E-state index in [0.717, 1.165) is 17.9 Å². The number of benzene rings is 1. The molecular weight excluding hydrogens is 219 g/mol. The molecule has 0 aliphatic carbocycles. The van der Waals surface area contributed by atoms with Gasteiger partial charge in [0, 0.05) is 19.0 Å². The summed E-state index contributed by atoms with van der Waals surface area (Å²) in [6, 6.07) is 7.68. The predicted molar refractivity (Wildman–Crippen MR) is 67.8 cm³/mol. The second-order valence-corrected chi connectivity index (χ2v) is 4.60. The number of piperidine rings is 1. The van der Waals surface area contributed by atoms with Crippen molar-refractivity contribution in [3.8, 4) is 0 Å². The average molecular weight is 238 g/mol. The van der Waals surface area contributed by atoms with Gasteiger partial charge in [-0.3, -0.25) is 4.39 Å². The van der Waals surface area contributed by atoms with Crippen molar-refractivity contribution in [2.75, 3.05) is 30.4 Å². The minimum atomic E-state index is -0.382. The first kappa shape index (κ1) is 12.2. The van der Waals surface area contributed by atoms with E-state index in [2.05, 4.69) is 4.90 Å². The van der Waals surface area contributed by atoms with Crippen LogP contribution in [0.2, 0.25) is 0 Å². The lowest BCUT2D eigenvalue weighted by Gasteiger charge is -2.37. The van der Waals surface area contributed by atoms with Crippen molar-refractivity contribution in [3.05, 3.63) is 24.3 Å². The minimum Gasteiger partial charge on any atom is -0.397 e. The third-order valence-electron chi connectivity index (χ3n) is 3.45. The van der Waals surface area contributed by atoms with E-state index in [-0.39, 0.29) is 18.7 Å². The fourth-order valence-electron chi connectivity index (χ4n) is 2.44. The summed E-state index contributed by atoms with van der Waals surface area (Å²) >= 11 is 0. The highest BCUT2D eigenvalue weighted by molar-refractivity contribution is 5.67. The molecule has 1 saturated heterocycles. The molecule has 2 atom stereocenters. The zero-order chi connectivity index (χ0) is 12.3. The van der Waals surface area contributed by atoms with Gasteiger partial charge in [0.15, 0.2) is 0 Å². The van der Waals surface area contributed by atoms with Gasteiger partial charge < -0.3 is 15.7 Å². The molecule has 0 spiro atoms. The molecule has 0 aromatic heterocycles. The molecule has 1 fully saturated rings. The van der Waals surface area contributed by atoms with Crippen LogP contribution in [-0.4, -0.2) is 31.0 Å². The lowest BCUT2D eigenvalue weighted by atomic mass is 9.92. The number of nitrogens with zero attached hydrogens (tertiary/aromatic N) is 1. The van der Waals surface area contributed by atoms with Gasteiger partial charge in [0.05, 0.1) is 24.2 Å². The van der Waals surface area contributed by atoms with Crippen LogP contribution < -0.4 is 10.6 Å². The van der Waals surface area contributed by atoms with Crippen LogP contribution in [0.3, 0.4) is 0 Å². The summed E-state index contributed by atoms with van der Waals surface area (Å²) < 4.78 is 12.4. The van der Waals surface area contributed by atoms with Crippen LogP contribution >= 0.6 is 0 Å². The Bertz CT molecular complexity index is 372.